The first-order valence-electron chi connectivity index (χ1n) is 8.95. The molecular weight excluding hydrogens is 424 g/mol. The van der Waals surface area contributed by atoms with E-state index in [0.717, 1.165) is 4.90 Å². The summed E-state index contributed by atoms with van der Waals surface area (Å²) in [6.45, 7) is 0. The number of thiophene rings is 1. The zero-order valence-electron chi connectivity index (χ0n) is 16.1. The molecule has 3 aromatic rings. The summed E-state index contributed by atoms with van der Waals surface area (Å²) >= 11 is 7.52. The van der Waals surface area contributed by atoms with Crippen molar-refractivity contribution in [3.8, 4) is 11.5 Å². The molecule has 6 nitrogen and oxygen atoms in total. The van der Waals surface area contributed by atoms with Crippen molar-refractivity contribution in [2.75, 3.05) is 24.4 Å². The second-order valence-electron chi connectivity index (χ2n) is 6.31. The fourth-order valence-electron chi connectivity index (χ4n) is 3.23. The van der Waals surface area contributed by atoms with E-state index in [9.17, 15) is 9.59 Å². The zero-order chi connectivity index (χ0) is 21.3. The molecule has 0 radical (unpaired) electrons. The van der Waals surface area contributed by atoms with E-state index in [-0.39, 0.29) is 17.0 Å². The van der Waals surface area contributed by atoms with Crippen molar-refractivity contribution in [3.63, 3.8) is 0 Å². The molecule has 0 saturated heterocycles. The largest absolute Gasteiger partial charge is 0.495 e. The molecule has 152 valence electrons. The molecule has 1 aliphatic heterocycles. The van der Waals surface area contributed by atoms with Gasteiger partial charge < -0.3 is 14.8 Å². The van der Waals surface area contributed by atoms with Gasteiger partial charge in [0.2, 0.25) is 0 Å². The molecule has 1 aromatic heterocycles. The molecule has 0 fully saturated rings. The van der Waals surface area contributed by atoms with Gasteiger partial charge in [0.1, 0.15) is 17.2 Å². The van der Waals surface area contributed by atoms with Crippen LogP contribution in [0.2, 0.25) is 5.02 Å². The molecule has 1 N–H and O–H groups in total. The summed E-state index contributed by atoms with van der Waals surface area (Å²) in [7, 11) is 3.01. The number of halogens is 1. The molecule has 0 atom stereocenters. The maximum absolute atomic E-state index is 13.5. The normalized spacial score (nSPS) is 13.8. The Morgan fingerprint density at radius 3 is 2.40 bits per heavy atom. The predicted octanol–water partition coefficient (Wildman–Crippen LogP) is 4.82. The number of carbonyl (C=O) groups excluding carboxylic acids is 2. The Balaban J connectivity index is 1.85. The number of carbonyl (C=O) groups is 2. The van der Waals surface area contributed by atoms with E-state index in [2.05, 4.69) is 5.32 Å². The highest BCUT2D eigenvalue weighted by Gasteiger charge is 2.42. The third kappa shape index (κ3) is 3.42. The number of anilines is 2. The SMILES string of the molecule is COc1ccccc1NC1=C(c2cccs2)C(=O)N(c2cc(Cl)ccc2OC)C1=O. The Bertz CT molecular complexity index is 1160. The molecule has 30 heavy (non-hydrogen) atoms. The number of hydrogen-bond acceptors (Lipinski definition) is 6. The summed E-state index contributed by atoms with van der Waals surface area (Å²) in [5.41, 5.74) is 1.30. The minimum Gasteiger partial charge on any atom is -0.495 e. The molecule has 2 heterocycles. The number of hydrogen-bond donors (Lipinski definition) is 1. The van der Waals surface area contributed by atoms with Crippen LogP contribution in [-0.2, 0) is 9.59 Å². The second kappa shape index (κ2) is 8.22. The molecule has 2 amide bonds. The average molecular weight is 441 g/mol. The highest BCUT2D eigenvalue weighted by molar-refractivity contribution is 7.11. The third-order valence-electron chi connectivity index (χ3n) is 4.60. The molecule has 4 rings (SSSR count). The van der Waals surface area contributed by atoms with Crippen LogP contribution >= 0.6 is 22.9 Å². The van der Waals surface area contributed by atoms with Gasteiger partial charge in [-0.3, -0.25) is 9.59 Å². The average Bonchev–Trinajstić information content (AvgIpc) is 3.35. The Hall–Kier alpha value is -3.29. The van der Waals surface area contributed by atoms with E-state index in [4.69, 9.17) is 21.1 Å². The lowest BCUT2D eigenvalue weighted by atomic mass is 10.1. The van der Waals surface area contributed by atoms with Gasteiger partial charge in [0.05, 0.1) is 31.2 Å². The predicted molar refractivity (Wildman–Crippen MR) is 118 cm³/mol. The Kier molecular flexibility index (Phi) is 5.48. The van der Waals surface area contributed by atoms with Crippen LogP contribution in [0.4, 0.5) is 11.4 Å². The molecule has 0 aliphatic carbocycles. The summed E-state index contributed by atoms with van der Waals surface area (Å²) in [5, 5.41) is 5.34. The van der Waals surface area contributed by atoms with Gasteiger partial charge in [-0.05, 0) is 41.8 Å². The van der Waals surface area contributed by atoms with Gasteiger partial charge >= 0.3 is 0 Å². The fourth-order valence-corrected chi connectivity index (χ4v) is 4.17. The number of methoxy groups -OCH3 is 2. The Labute approximate surface area is 182 Å². The van der Waals surface area contributed by atoms with Crippen LogP contribution in [0, 0.1) is 0 Å². The van der Waals surface area contributed by atoms with Crippen LogP contribution in [0.1, 0.15) is 4.88 Å². The molecule has 8 heteroatoms. The summed E-state index contributed by atoms with van der Waals surface area (Å²) < 4.78 is 10.7. The first-order valence-corrected chi connectivity index (χ1v) is 10.2. The maximum atomic E-state index is 13.5. The first-order chi connectivity index (χ1) is 14.5. The molecule has 0 spiro atoms. The van der Waals surface area contributed by atoms with E-state index < -0.39 is 11.8 Å². The number of amides is 2. The summed E-state index contributed by atoms with van der Waals surface area (Å²) in [6.07, 6.45) is 0. The number of ether oxygens (including phenoxy) is 2. The smallest absolute Gasteiger partial charge is 0.282 e. The molecule has 1 aliphatic rings. The van der Waals surface area contributed by atoms with Crippen molar-refractivity contribution < 1.29 is 19.1 Å². The standard InChI is InChI=1S/C22H17ClN2O4S/c1-28-16-7-4-3-6-14(16)24-20-19(18-8-5-11-30-18)21(26)25(22(20)27)15-12-13(23)9-10-17(15)29-2/h3-12,24H,1-2H3. The number of nitrogens with one attached hydrogen (secondary N) is 1. The molecular formula is C22H17ClN2O4S. The second-order valence-corrected chi connectivity index (χ2v) is 7.70. The van der Waals surface area contributed by atoms with Crippen molar-refractivity contribution in [1.29, 1.82) is 0 Å². The topological polar surface area (TPSA) is 67.9 Å². The van der Waals surface area contributed by atoms with Gasteiger partial charge in [-0.15, -0.1) is 11.3 Å². The number of para-hydroxylation sites is 2. The summed E-state index contributed by atoms with van der Waals surface area (Å²) in [4.78, 5) is 28.6. The van der Waals surface area contributed by atoms with E-state index in [1.54, 1.807) is 37.4 Å². The molecule has 0 saturated carbocycles. The van der Waals surface area contributed by atoms with Crippen molar-refractivity contribution >= 4 is 51.7 Å². The fraction of sp³-hybridized carbons (Fsp3) is 0.0909. The molecule has 0 bridgehead atoms. The summed E-state index contributed by atoms with van der Waals surface area (Å²) in [6, 6.07) is 15.6. The van der Waals surface area contributed by atoms with Gasteiger partial charge in [0, 0.05) is 9.90 Å². The number of rotatable bonds is 6. The summed E-state index contributed by atoms with van der Waals surface area (Å²) in [5.74, 6) is -0.0463. The van der Waals surface area contributed by atoms with Crippen LogP contribution in [0.15, 0.2) is 65.7 Å². The minimum atomic E-state index is -0.505. The van der Waals surface area contributed by atoms with Crippen molar-refractivity contribution in [3.05, 3.63) is 75.6 Å². The highest BCUT2D eigenvalue weighted by Crippen LogP contribution is 2.40. The maximum Gasteiger partial charge on any atom is 0.282 e. The van der Waals surface area contributed by atoms with Gasteiger partial charge in [-0.25, -0.2) is 4.90 Å². The quantitative estimate of drug-likeness (QED) is 0.557. The Morgan fingerprint density at radius 2 is 1.70 bits per heavy atom. The van der Waals surface area contributed by atoms with E-state index in [1.807, 2.05) is 23.6 Å². The van der Waals surface area contributed by atoms with E-state index in [0.29, 0.717) is 27.1 Å². The van der Waals surface area contributed by atoms with Crippen LogP contribution in [0.5, 0.6) is 11.5 Å². The lowest BCUT2D eigenvalue weighted by molar-refractivity contribution is -0.120. The number of nitrogens with zero attached hydrogens (tertiary/aromatic N) is 1. The molecule has 0 unspecified atom stereocenters. The van der Waals surface area contributed by atoms with Crippen molar-refractivity contribution in [2.24, 2.45) is 0 Å². The highest BCUT2D eigenvalue weighted by atomic mass is 35.5. The lowest BCUT2D eigenvalue weighted by Crippen LogP contribution is -2.32. The number of benzene rings is 2. The Morgan fingerprint density at radius 1 is 0.933 bits per heavy atom. The van der Waals surface area contributed by atoms with Crippen molar-refractivity contribution in [1.82, 2.24) is 0 Å². The monoisotopic (exact) mass is 440 g/mol. The van der Waals surface area contributed by atoms with Crippen LogP contribution in [-0.4, -0.2) is 26.0 Å². The van der Waals surface area contributed by atoms with E-state index >= 15 is 0 Å². The van der Waals surface area contributed by atoms with Gasteiger partial charge in [0.25, 0.3) is 11.8 Å². The van der Waals surface area contributed by atoms with Crippen LogP contribution in [0.25, 0.3) is 5.57 Å². The first kappa shape index (κ1) is 20.0. The minimum absolute atomic E-state index is 0.161. The van der Waals surface area contributed by atoms with Crippen LogP contribution in [0.3, 0.4) is 0 Å². The van der Waals surface area contributed by atoms with Crippen molar-refractivity contribution in [2.45, 2.75) is 0 Å². The zero-order valence-corrected chi connectivity index (χ0v) is 17.7. The van der Waals surface area contributed by atoms with Gasteiger partial charge in [0.15, 0.2) is 0 Å². The third-order valence-corrected chi connectivity index (χ3v) is 5.72. The molecule has 2 aromatic carbocycles. The lowest BCUT2D eigenvalue weighted by Gasteiger charge is -2.19. The number of imide groups is 1. The van der Waals surface area contributed by atoms with Crippen LogP contribution < -0.4 is 19.7 Å². The van der Waals surface area contributed by atoms with Gasteiger partial charge in [-0.2, -0.15) is 0 Å². The van der Waals surface area contributed by atoms with Gasteiger partial charge in [-0.1, -0.05) is 29.8 Å². The van der Waals surface area contributed by atoms with E-state index in [1.165, 1.54) is 24.5 Å².